The molecular formula is C12H10ClNO. The molecule has 2 aromatic rings. The molecular weight excluding hydrogens is 210 g/mol. The maximum atomic E-state index is 11.5. The Balaban J connectivity index is 2.59. The van der Waals surface area contributed by atoms with Gasteiger partial charge in [0.1, 0.15) is 5.15 Å². The van der Waals surface area contributed by atoms with Gasteiger partial charge in [0.15, 0.2) is 5.78 Å². The van der Waals surface area contributed by atoms with Gasteiger partial charge in [0.25, 0.3) is 0 Å². The van der Waals surface area contributed by atoms with Crippen molar-refractivity contribution < 1.29 is 4.79 Å². The van der Waals surface area contributed by atoms with E-state index in [0.717, 1.165) is 10.9 Å². The van der Waals surface area contributed by atoms with Crippen LogP contribution >= 0.6 is 11.6 Å². The highest BCUT2D eigenvalue weighted by Gasteiger charge is 2.04. The number of carbonyl (C=O) groups is 1. The summed E-state index contributed by atoms with van der Waals surface area (Å²) in [6.07, 6.45) is 0.506. The van der Waals surface area contributed by atoms with Gasteiger partial charge in [-0.05, 0) is 18.2 Å². The number of pyridine rings is 1. The van der Waals surface area contributed by atoms with Crippen LogP contribution in [-0.4, -0.2) is 10.8 Å². The van der Waals surface area contributed by atoms with Crippen LogP contribution in [0.15, 0.2) is 30.3 Å². The third-order valence-electron chi connectivity index (χ3n) is 2.30. The zero-order valence-corrected chi connectivity index (χ0v) is 9.08. The third kappa shape index (κ3) is 2.00. The van der Waals surface area contributed by atoms with E-state index in [1.54, 1.807) is 12.1 Å². The fraction of sp³-hybridized carbons (Fsp3) is 0.167. The van der Waals surface area contributed by atoms with E-state index < -0.39 is 0 Å². The van der Waals surface area contributed by atoms with Crippen molar-refractivity contribution in [2.75, 3.05) is 0 Å². The average molecular weight is 220 g/mol. The number of halogens is 1. The molecule has 0 unspecified atom stereocenters. The summed E-state index contributed by atoms with van der Waals surface area (Å²) < 4.78 is 0. The van der Waals surface area contributed by atoms with Gasteiger partial charge in [-0.15, -0.1) is 0 Å². The number of carbonyl (C=O) groups excluding carboxylic acids is 1. The second kappa shape index (κ2) is 3.99. The number of rotatable bonds is 2. The molecule has 0 atom stereocenters. The predicted molar refractivity (Wildman–Crippen MR) is 61.4 cm³/mol. The second-order valence-corrected chi connectivity index (χ2v) is 3.71. The van der Waals surface area contributed by atoms with Crippen LogP contribution in [0.4, 0.5) is 0 Å². The topological polar surface area (TPSA) is 30.0 Å². The van der Waals surface area contributed by atoms with Crippen LogP contribution in [0.5, 0.6) is 0 Å². The van der Waals surface area contributed by atoms with E-state index in [-0.39, 0.29) is 5.78 Å². The highest BCUT2D eigenvalue weighted by molar-refractivity contribution is 6.29. The second-order valence-electron chi connectivity index (χ2n) is 3.32. The van der Waals surface area contributed by atoms with Crippen molar-refractivity contribution in [2.45, 2.75) is 13.3 Å². The Morgan fingerprint density at radius 2 is 2.07 bits per heavy atom. The number of hydrogen-bond acceptors (Lipinski definition) is 2. The Hall–Kier alpha value is -1.41. The highest BCUT2D eigenvalue weighted by Crippen LogP contribution is 2.17. The average Bonchev–Trinajstić information content (AvgIpc) is 2.27. The molecule has 0 N–H and O–H groups in total. The first-order valence-electron chi connectivity index (χ1n) is 4.80. The maximum Gasteiger partial charge on any atom is 0.162 e. The maximum absolute atomic E-state index is 11.5. The number of Topliss-reactive ketones (excluding diaryl/α,β-unsaturated/α-hetero) is 1. The van der Waals surface area contributed by atoms with Gasteiger partial charge in [-0.1, -0.05) is 30.7 Å². The number of fused-ring (bicyclic) bond motifs is 1. The summed E-state index contributed by atoms with van der Waals surface area (Å²) in [5.41, 5.74) is 1.46. The highest BCUT2D eigenvalue weighted by atomic mass is 35.5. The lowest BCUT2D eigenvalue weighted by atomic mass is 10.1. The molecule has 1 heterocycles. The Morgan fingerprint density at radius 1 is 1.33 bits per heavy atom. The molecule has 2 nitrogen and oxygen atoms in total. The van der Waals surface area contributed by atoms with Crippen LogP contribution in [0.1, 0.15) is 23.7 Å². The predicted octanol–water partition coefficient (Wildman–Crippen LogP) is 3.48. The summed E-state index contributed by atoms with van der Waals surface area (Å²) in [4.78, 5) is 15.6. The number of hydrogen-bond donors (Lipinski definition) is 0. The quantitative estimate of drug-likeness (QED) is 0.572. The van der Waals surface area contributed by atoms with Crippen LogP contribution in [0.3, 0.4) is 0 Å². The van der Waals surface area contributed by atoms with Crippen molar-refractivity contribution in [3.63, 3.8) is 0 Å². The van der Waals surface area contributed by atoms with Crippen molar-refractivity contribution in [1.29, 1.82) is 0 Å². The summed E-state index contributed by atoms with van der Waals surface area (Å²) in [5.74, 6) is 0.124. The lowest BCUT2D eigenvalue weighted by Gasteiger charge is -2.01. The van der Waals surface area contributed by atoms with Crippen molar-refractivity contribution in [3.05, 3.63) is 41.0 Å². The molecule has 0 amide bonds. The Kier molecular flexibility index (Phi) is 2.69. The van der Waals surface area contributed by atoms with E-state index in [0.29, 0.717) is 17.1 Å². The molecule has 0 aliphatic rings. The Morgan fingerprint density at radius 3 is 2.80 bits per heavy atom. The van der Waals surface area contributed by atoms with E-state index >= 15 is 0 Å². The van der Waals surface area contributed by atoms with E-state index in [2.05, 4.69) is 4.98 Å². The molecule has 0 aliphatic carbocycles. The zero-order chi connectivity index (χ0) is 10.8. The van der Waals surface area contributed by atoms with Gasteiger partial charge < -0.3 is 0 Å². The van der Waals surface area contributed by atoms with Gasteiger partial charge in [0.2, 0.25) is 0 Å². The van der Waals surface area contributed by atoms with Crippen molar-refractivity contribution >= 4 is 28.3 Å². The molecule has 15 heavy (non-hydrogen) atoms. The minimum atomic E-state index is 0.124. The van der Waals surface area contributed by atoms with E-state index in [1.165, 1.54) is 0 Å². The lowest BCUT2D eigenvalue weighted by Crippen LogP contribution is -1.96. The first kappa shape index (κ1) is 10.1. The minimum absolute atomic E-state index is 0.124. The number of benzene rings is 1. The third-order valence-corrected chi connectivity index (χ3v) is 2.51. The Bertz CT molecular complexity index is 522. The van der Waals surface area contributed by atoms with Crippen LogP contribution in [0, 0.1) is 0 Å². The molecule has 0 aliphatic heterocycles. The monoisotopic (exact) mass is 219 g/mol. The van der Waals surface area contributed by atoms with E-state index in [9.17, 15) is 4.79 Å². The summed E-state index contributed by atoms with van der Waals surface area (Å²) in [6, 6.07) is 9.13. The standard InChI is InChI=1S/C12H10ClNO/c1-2-11(15)9-4-3-8-5-6-12(13)14-10(8)7-9/h3-7H,2H2,1H3. The smallest absolute Gasteiger partial charge is 0.162 e. The molecule has 0 spiro atoms. The van der Waals surface area contributed by atoms with Gasteiger partial charge in [-0.2, -0.15) is 0 Å². The van der Waals surface area contributed by atoms with Crippen LogP contribution in [0.25, 0.3) is 10.9 Å². The largest absolute Gasteiger partial charge is 0.294 e. The molecule has 1 aromatic carbocycles. The molecule has 1 aromatic heterocycles. The fourth-order valence-corrected chi connectivity index (χ4v) is 1.62. The zero-order valence-electron chi connectivity index (χ0n) is 8.33. The van der Waals surface area contributed by atoms with Gasteiger partial charge in [-0.25, -0.2) is 4.98 Å². The number of aromatic nitrogens is 1. The van der Waals surface area contributed by atoms with Crippen molar-refractivity contribution in [2.24, 2.45) is 0 Å². The number of nitrogens with zero attached hydrogens (tertiary/aromatic N) is 1. The van der Waals surface area contributed by atoms with Gasteiger partial charge in [0, 0.05) is 17.4 Å². The molecule has 0 saturated heterocycles. The van der Waals surface area contributed by atoms with Gasteiger partial charge in [-0.3, -0.25) is 4.79 Å². The molecule has 2 rings (SSSR count). The SMILES string of the molecule is CCC(=O)c1ccc2ccc(Cl)nc2c1. The van der Waals surface area contributed by atoms with Gasteiger partial charge >= 0.3 is 0 Å². The first-order valence-corrected chi connectivity index (χ1v) is 5.18. The van der Waals surface area contributed by atoms with Crippen molar-refractivity contribution in [1.82, 2.24) is 4.98 Å². The summed E-state index contributed by atoms with van der Waals surface area (Å²) in [5, 5.41) is 1.44. The Labute approximate surface area is 92.9 Å². The van der Waals surface area contributed by atoms with Crippen LogP contribution in [-0.2, 0) is 0 Å². The minimum Gasteiger partial charge on any atom is -0.294 e. The first-order chi connectivity index (χ1) is 7.20. The van der Waals surface area contributed by atoms with Crippen molar-refractivity contribution in [3.8, 4) is 0 Å². The molecule has 3 heteroatoms. The summed E-state index contributed by atoms with van der Waals surface area (Å²) in [6.45, 7) is 1.85. The van der Waals surface area contributed by atoms with Crippen LogP contribution < -0.4 is 0 Å². The lowest BCUT2D eigenvalue weighted by molar-refractivity contribution is 0.0988. The van der Waals surface area contributed by atoms with Crippen LogP contribution in [0.2, 0.25) is 5.15 Å². The molecule has 0 bridgehead atoms. The summed E-state index contributed by atoms with van der Waals surface area (Å²) >= 11 is 5.79. The fourth-order valence-electron chi connectivity index (χ4n) is 1.47. The molecule has 0 saturated carbocycles. The van der Waals surface area contributed by atoms with Gasteiger partial charge in [0.05, 0.1) is 5.52 Å². The van der Waals surface area contributed by atoms with E-state index in [1.807, 2.05) is 25.1 Å². The molecule has 0 radical (unpaired) electrons. The number of ketones is 1. The van der Waals surface area contributed by atoms with E-state index in [4.69, 9.17) is 11.6 Å². The molecule has 0 fully saturated rings. The normalized spacial score (nSPS) is 10.5. The molecule has 76 valence electrons. The summed E-state index contributed by atoms with van der Waals surface area (Å²) in [7, 11) is 0.